The molecule has 0 saturated heterocycles. The van der Waals surface area contributed by atoms with Crippen molar-refractivity contribution in [2.45, 2.75) is 25.8 Å². The van der Waals surface area contributed by atoms with Crippen molar-refractivity contribution in [1.29, 1.82) is 0 Å². The largest absolute Gasteiger partial charge is 0.394 e. The zero-order valence-electron chi connectivity index (χ0n) is 11.3. The molecule has 0 aromatic carbocycles. The Kier molecular flexibility index (Phi) is 5.94. The number of anilines is 2. The molecule has 0 aliphatic rings. The van der Waals surface area contributed by atoms with Gasteiger partial charge in [-0.3, -0.25) is 0 Å². The van der Waals surface area contributed by atoms with Gasteiger partial charge < -0.3 is 26.0 Å². The Morgan fingerprint density at radius 1 is 1.21 bits per heavy atom. The monoisotopic (exact) mass is 270 g/mol. The van der Waals surface area contributed by atoms with E-state index in [2.05, 4.69) is 20.6 Å². The molecule has 7 heteroatoms. The van der Waals surface area contributed by atoms with E-state index in [0.29, 0.717) is 11.8 Å². The molecule has 1 heterocycles. The van der Waals surface area contributed by atoms with E-state index in [0.717, 1.165) is 18.5 Å². The van der Waals surface area contributed by atoms with Crippen LogP contribution in [0.5, 0.6) is 0 Å². The van der Waals surface area contributed by atoms with E-state index in [1.54, 1.807) is 6.20 Å². The van der Waals surface area contributed by atoms with Gasteiger partial charge in [-0.15, -0.1) is 0 Å². The quantitative estimate of drug-likeness (QED) is 0.442. The van der Waals surface area contributed by atoms with Crippen molar-refractivity contribution in [2.75, 3.05) is 37.0 Å². The van der Waals surface area contributed by atoms with Crippen LogP contribution in [0.2, 0.25) is 0 Å². The summed E-state index contributed by atoms with van der Waals surface area (Å²) in [6, 6.07) is 0. The molecule has 0 atom stereocenters. The van der Waals surface area contributed by atoms with E-state index in [1.165, 1.54) is 0 Å². The Balaban J connectivity index is 2.92. The number of rotatable bonds is 8. The van der Waals surface area contributed by atoms with Gasteiger partial charge >= 0.3 is 0 Å². The number of nitrogens with one attached hydrogen (secondary N) is 2. The molecule has 0 aliphatic heterocycles. The molecule has 0 fully saturated rings. The summed E-state index contributed by atoms with van der Waals surface area (Å²) in [5.74, 6) is 0.948. The minimum atomic E-state index is -1.19. The molecule has 1 aromatic heterocycles. The second kappa shape index (κ2) is 7.22. The van der Waals surface area contributed by atoms with Gasteiger partial charge in [0.25, 0.3) is 0 Å². The predicted octanol–water partition coefficient (Wildman–Crippen LogP) is -0.265. The molecular formula is C12H22N4O3. The minimum absolute atomic E-state index is 0.402. The fourth-order valence-electron chi connectivity index (χ4n) is 1.41. The van der Waals surface area contributed by atoms with E-state index in [9.17, 15) is 15.3 Å². The molecule has 0 radical (unpaired) electrons. The second-order valence-corrected chi connectivity index (χ2v) is 4.53. The molecule has 7 nitrogen and oxygen atoms in total. The highest BCUT2D eigenvalue weighted by Gasteiger charge is 2.28. The van der Waals surface area contributed by atoms with Crippen molar-refractivity contribution < 1.29 is 15.3 Å². The van der Waals surface area contributed by atoms with Gasteiger partial charge in [-0.05, 0) is 13.3 Å². The van der Waals surface area contributed by atoms with Crippen LogP contribution in [0.15, 0.2) is 6.20 Å². The van der Waals surface area contributed by atoms with Crippen molar-refractivity contribution in [3.05, 3.63) is 11.8 Å². The molecule has 0 spiro atoms. The molecule has 0 saturated carbocycles. The van der Waals surface area contributed by atoms with Crippen LogP contribution in [0.4, 0.5) is 11.8 Å². The van der Waals surface area contributed by atoms with Crippen molar-refractivity contribution in [2.24, 2.45) is 0 Å². The average Bonchev–Trinajstić information content (AvgIpc) is 2.45. The summed E-state index contributed by atoms with van der Waals surface area (Å²) in [7, 11) is 0. The number of nitrogens with zero attached hydrogens (tertiary/aromatic N) is 2. The first-order valence-corrected chi connectivity index (χ1v) is 6.29. The van der Waals surface area contributed by atoms with Crippen LogP contribution >= 0.6 is 0 Å². The lowest BCUT2D eigenvalue weighted by atomic mass is 10.0. The lowest BCUT2D eigenvalue weighted by Gasteiger charge is -2.29. The topological polar surface area (TPSA) is 111 Å². The molecule has 5 N–H and O–H groups in total. The number of aliphatic hydroxyl groups is 3. The highest BCUT2D eigenvalue weighted by molar-refractivity contribution is 5.48. The highest BCUT2D eigenvalue weighted by Crippen LogP contribution is 2.18. The third kappa shape index (κ3) is 4.02. The van der Waals surface area contributed by atoms with Gasteiger partial charge in [-0.25, -0.2) is 4.98 Å². The first kappa shape index (κ1) is 15.6. The molecule has 0 unspecified atom stereocenters. The zero-order valence-corrected chi connectivity index (χ0v) is 11.3. The summed E-state index contributed by atoms with van der Waals surface area (Å²) in [5.41, 5.74) is -0.428. The summed E-state index contributed by atoms with van der Waals surface area (Å²) in [5, 5.41) is 33.8. The Bertz CT molecular complexity index is 388. The summed E-state index contributed by atoms with van der Waals surface area (Å²) in [6.07, 6.45) is 2.60. The predicted molar refractivity (Wildman–Crippen MR) is 73.2 cm³/mol. The Morgan fingerprint density at radius 2 is 1.84 bits per heavy atom. The van der Waals surface area contributed by atoms with E-state index < -0.39 is 25.4 Å². The summed E-state index contributed by atoms with van der Waals surface area (Å²) in [4.78, 5) is 8.41. The van der Waals surface area contributed by atoms with Gasteiger partial charge in [-0.1, -0.05) is 6.92 Å². The van der Waals surface area contributed by atoms with Crippen LogP contribution in [0.25, 0.3) is 0 Å². The Morgan fingerprint density at radius 3 is 2.37 bits per heavy atom. The normalized spacial score (nSPS) is 11.4. The fraction of sp³-hybridized carbons (Fsp3) is 0.667. The molecule has 0 aliphatic carbocycles. The maximum absolute atomic E-state index is 9.30. The molecule has 1 rings (SSSR count). The summed E-state index contributed by atoms with van der Waals surface area (Å²) < 4.78 is 0. The van der Waals surface area contributed by atoms with Gasteiger partial charge in [0.05, 0.1) is 19.8 Å². The van der Waals surface area contributed by atoms with E-state index >= 15 is 0 Å². The maximum Gasteiger partial charge on any atom is 0.224 e. The van der Waals surface area contributed by atoms with Crippen molar-refractivity contribution in [3.8, 4) is 0 Å². The molecular weight excluding hydrogens is 248 g/mol. The smallest absolute Gasteiger partial charge is 0.224 e. The Labute approximate surface area is 112 Å². The van der Waals surface area contributed by atoms with Gasteiger partial charge in [0.2, 0.25) is 5.95 Å². The summed E-state index contributed by atoms with van der Waals surface area (Å²) in [6.45, 7) is 3.40. The van der Waals surface area contributed by atoms with Crippen LogP contribution in [0.1, 0.15) is 18.9 Å². The average molecular weight is 270 g/mol. The second-order valence-electron chi connectivity index (χ2n) is 4.53. The van der Waals surface area contributed by atoms with Gasteiger partial charge in [0.1, 0.15) is 11.4 Å². The third-order valence-electron chi connectivity index (χ3n) is 2.80. The van der Waals surface area contributed by atoms with E-state index in [4.69, 9.17) is 0 Å². The lowest BCUT2D eigenvalue weighted by molar-refractivity contribution is 0.0830. The van der Waals surface area contributed by atoms with Gasteiger partial charge in [0, 0.05) is 18.3 Å². The summed E-state index contributed by atoms with van der Waals surface area (Å²) >= 11 is 0. The fourth-order valence-corrected chi connectivity index (χ4v) is 1.41. The van der Waals surface area contributed by atoms with Crippen molar-refractivity contribution in [1.82, 2.24) is 9.97 Å². The zero-order chi connectivity index (χ0) is 14.3. The highest BCUT2D eigenvalue weighted by atomic mass is 16.3. The van der Waals surface area contributed by atoms with Crippen molar-refractivity contribution in [3.63, 3.8) is 0 Å². The third-order valence-corrected chi connectivity index (χ3v) is 2.80. The first-order valence-electron chi connectivity index (χ1n) is 6.29. The number of hydrogen-bond acceptors (Lipinski definition) is 7. The Hall–Kier alpha value is -1.44. The van der Waals surface area contributed by atoms with Gasteiger partial charge in [0.15, 0.2) is 0 Å². The van der Waals surface area contributed by atoms with E-state index in [-0.39, 0.29) is 0 Å². The number of hydrogen-bond donors (Lipinski definition) is 5. The molecule has 19 heavy (non-hydrogen) atoms. The maximum atomic E-state index is 9.30. The number of aryl methyl sites for hydroxylation is 1. The van der Waals surface area contributed by atoms with Crippen LogP contribution in [0.3, 0.4) is 0 Å². The molecule has 1 aromatic rings. The number of aliphatic hydroxyl groups excluding tert-OH is 3. The molecule has 108 valence electrons. The van der Waals surface area contributed by atoms with Crippen LogP contribution < -0.4 is 10.6 Å². The van der Waals surface area contributed by atoms with Crippen LogP contribution in [-0.4, -0.2) is 57.2 Å². The van der Waals surface area contributed by atoms with E-state index in [1.807, 2.05) is 13.8 Å². The molecule has 0 amide bonds. The standard InChI is InChI=1S/C12H22N4O3/c1-3-4-13-11-14-5-9(2)10(15-11)16-12(6-17,7-18)8-19/h5,17-19H,3-4,6-8H2,1-2H3,(H2,13,14,15,16). The minimum Gasteiger partial charge on any atom is -0.394 e. The SMILES string of the molecule is CCCNc1ncc(C)c(NC(CO)(CO)CO)n1. The first-order chi connectivity index (χ1) is 9.10. The van der Waals surface area contributed by atoms with Crippen LogP contribution in [0, 0.1) is 6.92 Å². The van der Waals surface area contributed by atoms with Gasteiger partial charge in [-0.2, -0.15) is 4.98 Å². The van der Waals surface area contributed by atoms with Crippen molar-refractivity contribution >= 4 is 11.8 Å². The molecule has 0 bridgehead atoms. The number of aromatic nitrogens is 2. The lowest BCUT2D eigenvalue weighted by Crippen LogP contribution is -2.49. The van der Waals surface area contributed by atoms with Crippen LogP contribution in [-0.2, 0) is 0 Å².